The number of ether oxygens (including phenoxy) is 2. The number of esters is 2. The molecular formula is C17H24F2O4S. The summed E-state index contributed by atoms with van der Waals surface area (Å²) in [4.78, 5) is 23.3. The van der Waals surface area contributed by atoms with Crippen LogP contribution in [-0.2, 0) is 19.1 Å². The van der Waals surface area contributed by atoms with Gasteiger partial charge in [-0.25, -0.2) is 14.0 Å². The number of alkyl halides is 1. The van der Waals surface area contributed by atoms with Gasteiger partial charge in [0.25, 0.3) is 0 Å². The highest BCUT2D eigenvalue weighted by atomic mass is 32.2. The van der Waals surface area contributed by atoms with Crippen LogP contribution in [0.2, 0.25) is 0 Å². The van der Waals surface area contributed by atoms with E-state index in [1.54, 1.807) is 0 Å². The van der Waals surface area contributed by atoms with Crippen LogP contribution in [0.25, 0.3) is 0 Å². The molecule has 0 radical (unpaired) electrons. The van der Waals surface area contributed by atoms with Gasteiger partial charge in [-0.2, -0.15) is 16.2 Å². The van der Waals surface area contributed by atoms with Gasteiger partial charge in [-0.15, -0.1) is 0 Å². The van der Waals surface area contributed by atoms with Crippen molar-refractivity contribution >= 4 is 23.7 Å². The summed E-state index contributed by atoms with van der Waals surface area (Å²) in [6, 6.07) is 0. The topological polar surface area (TPSA) is 52.6 Å². The molecule has 2 rings (SSSR count). The summed E-state index contributed by atoms with van der Waals surface area (Å²) in [7, 11) is 0. The molecule has 0 amide bonds. The van der Waals surface area contributed by atoms with Gasteiger partial charge in [-0.3, -0.25) is 0 Å². The highest BCUT2D eigenvalue weighted by molar-refractivity contribution is 7.99. The maximum atomic E-state index is 14.8. The summed E-state index contributed by atoms with van der Waals surface area (Å²) in [5.41, 5.74) is -2.07. The third-order valence-electron chi connectivity index (χ3n) is 4.43. The minimum absolute atomic E-state index is 0.00611. The van der Waals surface area contributed by atoms with Gasteiger partial charge in [0.05, 0.1) is 0 Å². The second-order valence-electron chi connectivity index (χ2n) is 6.66. The van der Waals surface area contributed by atoms with Crippen LogP contribution in [0.5, 0.6) is 0 Å². The van der Waals surface area contributed by atoms with Gasteiger partial charge in [0.2, 0.25) is 11.5 Å². The lowest BCUT2D eigenvalue weighted by molar-refractivity contribution is -0.162. The standard InChI is InChI=1S/C17H24F2O4S/c1-11(18)15(20)22-13-7-8-24-14(9-13)10-17(2,19)16(21)23-12-5-3-4-6-12/h12-14H,1,3-10H2,2H3. The van der Waals surface area contributed by atoms with Gasteiger partial charge in [0.15, 0.2) is 0 Å². The molecular weight excluding hydrogens is 338 g/mol. The summed E-state index contributed by atoms with van der Waals surface area (Å²) in [5.74, 6) is -2.37. The van der Waals surface area contributed by atoms with Crippen molar-refractivity contribution in [3.05, 3.63) is 12.4 Å². The van der Waals surface area contributed by atoms with Gasteiger partial charge in [-0.1, -0.05) is 6.58 Å². The molecule has 1 saturated carbocycles. The molecule has 24 heavy (non-hydrogen) atoms. The van der Waals surface area contributed by atoms with Gasteiger partial charge in [0, 0.05) is 11.7 Å². The molecule has 1 saturated heterocycles. The number of hydrogen-bond donors (Lipinski definition) is 0. The Kier molecular flexibility index (Phi) is 6.66. The molecule has 1 aliphatic carbocycles. The van der Waals surface area contributed by atoms with Crippen molar-refractivity contribution in [1.82, 2.24) is 0 Å². The maximum absolute atomic E-state index is 14.8. The summed E-state index contributed by atoms with van der Waals surface area (Å²) in [6.45, 7) is 4.14. The first-order valence-electron chi connectivity index (χ1n) is 8.35. The minimum atomic E-state index is -2.07. The van der Waals surface area contributed by atoms with Crippen LogP contribution >= 0.6 is 11.8 Å². The monoisotopic (exact) mass is 362 g/mol. The van der Waals surface area contributed by atoms with E-state index >= 15 is 0 Å². The molecule has 7 heteroatoms. The third kappa shape index (κ3) is 5.46. The summed E-state index contributed by atoms with van der Waals surface area (Å²) in [6.07, 6.45) is 3.92. The van der Waals surface area contributed by atoms with Gasteiger partial charge < -0.3 is 9.47 Å². The van der Waals surface area contributed by atoms with Crippen molar-refractivity contribution in [2.45, 2.75) is 75.0 Å². The van der Waals surface area contributed by atoms with Crippen molar-refractivity contribution < 1.29 is 27.8 Å². The van der Waals surface area contributed by atoms with E-state index in [9.17, 15) is 18.4 Å². The number of thioether (sulfide) groups is 1. The minimum Gasteiger partial charge on any atom is -0.460 e. The second kappa shape index (κ2) is 8.32. The van der Waals surface area contributed by atoms with Crippen LogP contribution < -0.4 is 0 Å². The van der Waals surface area contributed by atoms with E-state index in [2.05, 4.69) is 6.58 Å². The van der Waals surface area contributed by atoms with E-state index in [1.807, 2.05) is 0 Å². The lowest BCUT2D eigenvalue weighted by Gasteiger charge is -2.31. The molecule has 0 bridgehead atoms. The van der Waals surface area contributed by atoms with E-state index < -0.39 is 29.5 Å². The molecule has 0 aromatic rings. The number of rotatable bonds is 6. The first-order chi connectivity index (χ1) is 11.3. The summed E-state index contributed by atoms with van der Waals surface area (Å²) in [5, 5.41) is -0.185. The number of carbonyl (C=O) groups excluding carboxylic acids is 2. The Labute approximate surface area is 145 Å². The zero-order valence-corrected chi connectivity index (χ0v) is 14.7. The van der Waals surface area contributed by atoms with Gasteiger partial charge in [-0.05, 0) is 51.2 Å². The second-order valence-corrected chi connectivity index (χ2v) is 8.07. The van der Waals surface area contributed by atoms with Gasteiger partial charge >= 0.3 is 11.9 Å². The molecule has 0 aromatic carbocycles. The lowest BCUT2D eigenvalue weighted by atomic mass is 9.98. The van der Waals surface area contributed by atoms with E-state index in [0.717, 1.165) is 25.7 Å². The van der Waals surface area contributed by atoms with Crippen LogP contribution in [0.1, 0.15) is 51.9 Å². The molecule has 0 spiro atoms. The Hall–Kier alpha value is -1.11. The van der Waals surface area contributed by atoms with Crippen LogP contribution in [0.15, 0.2) is 12.4 Å². The van der Waals surface area contributed by atoms with Crippen molar-refractivity contribution in [3.63, 3.8) is 0 Å². The molecule has 4 nitrogen and oxygen atoms in total. The SMILES string of the molecule is C=C(F)C(=O)OC1CCSC(CC(C)(F)C(=O)OC2CCCC2)C1. The fraction of sp³-hybridized carbons (Fsp3) is 0.765. The molecule has 1 heterocycles. The zero-order chi connectivity index (χ0) is 17.7. The highest BCUT2D eigenvalue weighted by Crippen LogP contribution is 2.35. The van der Waals surface area contributed by atoms with Crippen LogP contribution in [0.4, 0.5) is 8.78 Å². The average Bonchev–Trinajstić information content (AvgIpc) is 3.00. The Morgan fingerprint density at radius 1 is 1.21 bits per heavy atom. The first-order valence-corrected chi connectivity index (χ1v) is 9.40. The Morgan fingerprint density at radius 3 is 2.50 bits per heavy atom. The van der Waals surface area contributed by atoms with Crippen LogP contribution in [-0.4, -0.2) is 40.8 Å². The number of halogens is 2. The van der Waals surface area contributed by atoms with E-state index in [0.29, 0.717) is 18.6 Å². The van der Waals surface area contributed by atoms with E-state index in [4.69, 9.17) is 9.47 Å². The van der Waals surface area contributed by atoms with Crippen molar-refractivity contribution in [3.8, 4) is 0 Å². The zero-order valence-electron chi connectivity index (χ0n) is 13.9. The van der Waals surface area contributed by atoms with E-state index in [-0.39, 0.29) is 17.8 Å². The largest absolute Gasteiger partial charge is 0.460 e. The molecule has 2 aliphatic rings. The summed E-state index contributed by atoms with van der Waals surface area (Å²) < 4.78 is 37.8. The molecule has 3 unspecified atom stereocenters. The Morgan fingerprint density at radius 2 is 1.88 bits per heavy atom. The highest BCUT2D eigenvalue weighted by Gasteiger charge is 2.41. The first kappa shape index (κ1) is 19.2. The fourth-order valence-electron chi connectivity index (χ4n) is 3.10. The number of carbonyl (C=O) groups is 2. The quantitative estimate of drug-likeness (QED) is 0.530. The molecule has 2 fully saturated rings. The van der Waals surface area contributed by atoms with E-state index in [1.165, 1.54) is 18.7 Å². The maximum Gasteiger partial charge on any atom is 0.366 e. The Balaban J connectivity index is 1.84. The Bertz CT molecular complexity index is 489. The fourth-order valence-corrected chi connectivity index (χ4v) is 4.62. The van der Waals surface area contributed by atoms with Crippen molar-refractivity contribution in [1.29, 1.82) is 0 Å². The van der Waals surface area contributed by atoms with Crippen LogP contribution in [0.3, 0.4) is 0 Å². The van der Waals surface area contributed by atoms with Gasteiger partial charge in [0.1, 0.15) is 12.2 Å². The number of hydrogen-bond acceptors (Lipinski definition) is 5. The molecule has 0 aromatic heterocycles. The van der Waals surface area contributed by atoms with Crippen LogP contribution in [0, 0.1) is 0 Å². The molecule has 3 atom stereocenters. The average molecular weight is 362 g/mol. The third-order valence-corrected chi connectivity index (χ3v) is 5.73. The molecule has 1 aliphatic heterocycles. The lowest BCUT2D eigenvalue weighted by Crippen LogP contribution is -2.39. The summed E-state index contributed by atoms with van der Waals surface area (Å²) >= 11 is 1.53. The molecule has 0 N–H and O–H groups in total. The van der Waals surface area contributed by atoms with Crippen molar-refractivity contribution in [2.24, 2.45) is 0 Å². The smallest absolute Gasteiger partial charge is 0.366 e. The molecule has 136 valence electrons. The predicted octanol–water partition coefficient (Wildman–Crippen LogP) is 3.88. The van der Waals surface area contributed by atoms with Crippen molar-refractivity contribution in [2.75, 3.05) is 5.75 Å². The predicted molar refractivity (Wildman–Crippen MR) is 88.1 cm³/mol. The normalized spacial score (nSPS) is 27.3.